The van der Waals surface area contributed by atoms with Crippen LogP contribution in [0.25, 0.3) is 0 Å². The van der Waals surface area contributed by atoms with Gasteiger partial charge in [0.1, 0.15) is 0 Å². The topological polar surface area (TPSA) is 24.1 Å². The molecule has 11 heavy (non-hydrogen) atoms. The Hall–Kier alpha value is -0.220. The van der Waals surface area contributed by atoms with Crippen molar-refractivity contribution < 1.29 is 0 Å². The summed E-state index contributed by atoms with van der Waals surface area (Å²) in [7, 11) is 1.84. The van der Waals surface area contributed by atoms with Crippen molar-refractivity contribution in [1.82, 2.24) is 10.6 Å². The van der Waals surface area contributed by atoms with Gasteiger partial charge in [0.2, 0.25) is 0 Å². The normalized spacial score (nSPS) is 11.9. The van der Waals surface area contributed by atoms with E-state index in [1.165, 1.54) is 0 Å². The Kier molecular flexibility index (Phi) is 5.32. The molecule has 0 aliphatic heterocycles. The summed E-state index contributed by atoms with van der Waals surface area (Å²) in [5, 5.41) is 6.00. The SMILES string of the molecule is CNC(=S)C(C)CNC(C)=S. The van der Waals surface area contributed by atoms with E-state index in [9.17, 15) is 0 Å². The second kappa shape index (κ2) is 5.43. The molecule has 0 fully saturated rings. The van der Waals surface area contributed by atoms with Crippen LogP contribution in [0.1, 0.15) is 13.8 Å². The molecule has 1 unspecified atom stereocenters. The van der Waals surface area contributed by atoms with Crippen molar-refractivity contribution >= 4 is 34.4 Å². The van der Waals surface area contributed by atoms with Gasteiger partial charge in [0, 0.05) is 19.5 Å². The fourth-order valence-corrected chi connectivity index (χ4v) is 0.803. The summed E-state index contributed by atoms with van der Waals surface area (Å²) < 4.78 is 0. The molecule has 1 atom stereocenters. The minimum absolute atomic E-state index is 0.341. The third kappa shape index (κ3) is 5.09. The third-order valence-corrected chi connectivity index (χ3v) is 2.10. The molecule has 0 aliphatic carbocycles. The van der Waals surface area contributed by atoms with Gasteiger partial charge in [-0.15, -0.1) is 0 Å². The minimum Gasteiger partial charge on any atom is -0.382 e. The quantitative estimate of drug-likeness (QED) is 0.651. The Bertz CT molecular complexity index is 157. The predicted octanol–water partition coefficient (Wildman–Crippen LogP) is 1.11. The zero-order valence-corrected chi connectivity index (χ0v) is 8.73. The maximum absolute atomic E-state index is 5.04. The largest absolute Gasteiger partial charge is 0.382 e. The van der Waals surface area contributed by atoms with Crippen LogP contribution < -0.4 is 10.6 Å². The van der Waals surface area contributed by atoms with Crippen LogP contribution in [0.2, 0.25) is 0 Å². The molecule has 4 heteroatoms. The van der Waals surface area contributed by atoms with Gasteiger partial charge in [-0.3, -0.25) is 0 Å². The molecule has 0 aromatic rings. The summed E-state index contributed by atoms with van der Waals surface area (Å²) >= 11 is 9.90. The van der Waals surface area contributed by atoms with Gasteiger partial charge >= 0.3 is 0 Å². The van der Waals surface area contributed by atoms with Crippen LogP contribution >= 0.6 is 24.4 Å². The first-order valence-electron chi connectivity index (χ1n) is 3.54. The van der Waals surface area contributed by atoms with Crippen molar-refractivity contribution in [3.05, 3.63) is 0 Å². The highest BCUT2D eigenvalue weighted by atomic mass is 32.1. The van der Waals surface area contributed by atoms with Gasteiger partial charge in [-0.25, -0.2) is 0 Å². The molecular formula is C7H14N2S2. The maximum Gasteiger partial charge on any atom is 0.0797 e. The highest BCUT2D eigenvalue weighted by molar-refractivity contribution is 7.80. The molecule has 0 radical (unpaired) electrons. The standard InChI is InChI=1S/C7H14N2S2/c1-5(7(11)8-3)4-9-6(2)10/h5H,4H2,1-3H3,(H,8,11)(H,9,10). The summed E-state index contributed by atoms with van der Waals surface area (Å²) in [6.45, 7) is 4.74. The van der Waals surface area contributed by atoms with Crippen molar-refractivity contribution in [1.29, 1.82) is 0 Å². The average molecular weight is 190 g/mol. The van der Waals surface area contributed by atoms with Gasteiger partial charge in [0.05, 0.1) is 9.98 Å². The summed E-state index contributed by atoms with van der Waals surface area (Å²) in [6, 6.07) is 0. The van der Waals surface area contributed by atoms with Crippen molar-refractivity contribution in [2.24, 2.45) is 5.92 Å². The zero-order chi connectivity index (χ0) is 8.85. The fourth-order valence-electron chi connectivity index (χ4n) is 0.636. The Morgan fingerprint density at radius 1 is 1.45 bits per heavy atom. The number of rotatable bonds is 3. The van der Waals surface area contributed by atoms with Crippen LogP contribution in [0.4, 0.5) is 0 Å². The smallest absolute Gasteiger partial charge is 0.0797 e. The number of hydrogen-bond donors (Lipinski definition) is 2. The van der Waals surface area contributed by atoms with Gasteiger partial charge < -0.3 is 10.6 Å². The molecule has 2 N–H and O–H groups in total. The number of hydrogen-bond acceptors (Lipinski definition) is 2. The molecule has 0 aromatic heterocycles. The lowest BCUT2D eigenvalue weighted by Gasteiger charge is -2.13. The van der Waals surface area contributed by atoms with E-state index in [1.54, 1.807) is 0 Å². The maximum atomic E-state index is 5.04. The van der Waals surface area contributed by atoms with E-state index in [4.69, 9.17) is 24.4 Å². The number of thiocarbonyl (C=S) groups is 2. The van der Waals surface area contributed by atoms with Crippen LogP contribution in [0.15, 0.2) is 0 Å². The lowest BCUT2D eigenvalue weighted by molar-refractivity contribution is 0.718. The predicted molar refractivity (Wildman–Crippen MR) is 57.1 cm³/mol. The van der Waals surface area contributed by atoms with Crippen LogP contribution in [0.5, 0.6) is 0 Å². The van der Waals surface area contributed by atoms with E-state index in [2.05, 4.69) is 17.6 Å². The van der Waals surface area contributed by atoms with Crippen molar-refractivity contribution in [3.8, 4) is 0 Å². The van der Waals surface area contributed by atoms with Crippen molar-refractivity contribution in [2.45, 2.75) is 13.8 Å². The first-order chi connectivity index (χ1) is 5.07. The van der Waals surface area contributed by atoms with Gasteiger partial charge in [0.15, 0.2) is 0 Å². The van der Waals surface area contributed by atoms with E-state index in [0.29, 0.717) is 5.92 Å². The molecule has 2 nitrogen and oxygen atoms in total. The first kappa shape index (κ1) is 10.8. The van der Waals surface area contributed by atoms with E-state index in [1.807, 2.05) is 14.0 Å². The second-order valence-electron chi connectivity index (χ2n) is 2.45. The van der Waals surface area contributed by atoms with E-state index >= 15 is 0 Å². The summed E-state index contributed by atoms with van der Waals surface area (Å²) in [4.78, 5) is 1.68. The van der Waals surface area contributed by atoms with E-state index in [0.717, 1.165) is 16.5 Å². The molecule has 0 bridgehead atoms. The average Bonchev–Trinajstić information content (AvgIpc) is 1.98. The number of nitrogens with one attached hydrogen (secondary N) is 2. The molecule has 0 saturated heterocycles. The molecule has 0 spiro atoms. The van der Waals surface area contributed by atoms with Crippen molar-refractivity contribution in [2.75, 3.05) is 13.6 Å². The highest BCUT2D eigenvalue weighted by Crippen LogP contribution is 1.93. The van der Waals surface area contributed by atoms with Gasteiger partial charge in [0.25, 0.3) is 0 Å². The Morgan fingerprint density at radius 2 is 2.00 bits per heavy atom. The molecule has 0 aromatic carbocycles. The molecular weight excluding hydrogens is 176 g/mol. The Labute approximate surface area is 78.7 Å². The summed E-state index contributed by atoms with van der Waals surface area (Å²) in [6.07, 6.45) is 0. The Balaban J connectivity index is 3.60. The minimum atomic E-state index is 0.341. The van der Waals surface area contributed by atoms with E-state index in [-0.39, 0.29) is 0 Å². The molecule has 0 aliphatic rings. The van der Waals surface area contributed by atoms with Gasteiger partial charge in [-0.2, -0.15) is 0 Å². The fraction of sp³-hybridized carbons (Fsp3) is 0.714. The third-order valence-electron chi connectivity index (χ3n) is 1.35. The monoisotopic (exact) mass is 190 g/mol. The second-order valence-corrected chi connectivity index (χ2v) is 3.50. The van der Waals surface area contributed by atoms with Crippen LogP contribution in [-0.4, -0.2) is 23.6 Å². The van der Waals surface area contributed by atoms with Crippen molar-refractivity contribution in [3.63, 3.8) is 0 Å². The van der Waals surface area contributed by atoms with Gasteiger partial charge in [-0.05, 0) is 6.92 Å². The lowest BCUT2D eigenvalue weighted by atomic mass is 10.2. The molecule has 64 valence electrons. The van der Waals surface area contributed by atoms with Crippen LogP contribution in [0.3, 0.4) is 0 Å². The molecule has 0 heterocycles. The summed E-state index contributed by atoms with van der Waals surface area (Å²) in [5.41, 5.74) is 0. The first-order valence-corrected chi connectivity index (χ1v) is 4.35. The van der Waals surface area contributed by atoms with E-state index < -0.39 is 0 Å². The highest BCUT2D eigenvalue weighted by Gasteiger charge is 2.05. The summed E-state index contributed by atoms with van der Waals surface area (Å²) in [5.74, 6) is 0.341. The Morgan fingerprint density at radius 3 is 2.36 bits per heavy atom. The lowest BCUT2D eigenvalue weighted by Crippen LogP contribution is -2.33. The molecule has 0 amide bonds. The molecule has 0 saturated carbocycles. The molecule has 0 rings (SSSR count). The van der Waals surface area contributed by atoms with Gasteiger partial charge in [-0.1, -0.05) is 31.4 Å². The zero-order valence-electron chi connectivity index (χ0n) is 7.10. The van der Waals surface area contributed by atoms with Crippen LogP contribution in [-0.2, 0) is 0 Å². The van der Waals surface area contributed by atoms with Crippen LogP contribution in [0, 0.1) is 5.92 Å².